The van der Waals surface area contributed by atoms with Gasteiger partial charge in [0.1, 0.15) is 0 Å². The fourth-order valence-corrected chi connectivity index (χ4v) is 1.82. The first kappa shape index (κ1) is 13.0. The molecule has 1 heterocycles. The normalized spacial score (nSPS) is 14.1. The Kier molecular flexibility index (Phi) is 5.15. The van der Waals surface area contributed by atoms with Crippen molar-refractivity contribution in [2.75, 3.05) is 38.3 Å². The number of fused-ring (bicyclic) bond motifs is 1. The molecule has 4 heteroatoms. The largest absolute Gasteiger partial charge is 0.490 e. The predicted octanol–water partition coefficient (Wildman–Crippen LogP) is 2.69. The third kappa shape index (κ3) is 3.81. The first-order valence-electron chi connectivity index (χ1n) is 6.61. The molecule has 1 aromatic carbocycles. The quantitative estimate of drug-likeness (QED) is 0.789. The van der Waals surface area contributed by atoms with Crippen LogP contribution in [0, 0.1) is 0 Å². The van der Waals surface area contributed by atoms with Crippen LogP contribution in [0.1, 0.15) is 19.8 Å². The van der Waals surface area contributed by atoms with Crippen LogP contribution in [0.2, 0.25) is 0 Å². The van der Waals surface area contributed by atoms with Gasteiger partial charge in [0.2, 0.25) is 0 Å². The van der Waals surface area contributed by atoms with Crippen LogP contribution in [0.15, 0.2) is 18.2 Å². The maximum absolute atomic E-state index is 5.64. The molecule has 18 heavy (non-hydrogen) atoms. The lowest BCUT2D eigenvalue weighted by atomic mass is 10.2. The molecule has 1 aromatic rings. The van der Waals surface area contributed by atoms with E-state index in [2.05, 4.69) is 5.32 Å². The van der Waals surface area contributed by atoms with Crippen molar-refractivity contribution in [3.63, 3.8) is 0 Å². The van der Waals surface area contributed by atoms with Gasteiger partial charge in [-0.05, 0) is 25.5 Å². The molecule has 1 N–H and O–H groups in total. The van der Waals surface area contributed by atoms with E-state index in [1.807, 2.05) is 25.1 Å². The van der Waals surface area contributed by atoms with E-state index in [-0.39, 0.29) is 0 Å². The molecule has 0 saturated heterocycles. The van der Waals surface area contributed by atoms with Crippen LogP contribution in [0.25, 0.3) is 0 Å². The maximum Gasteiger partial charge on any atom is 0.163 e. The molecule has 4 nitrogen and oxygen atoms in total. The molecule has 0 fully saturated rings. The Bertz CT molecular complexity index is 368. The first-order chi connectivity index (χ1) is 8.90. The zero-order valence-electron chi connectivity index (χ0n) is 10.9. The lowest BCUT2D eigenvalue weighted by Gasteiger charge is -2.11. The minimum absolute atomic E-state index is 0.723. The number of anilines is 1. The highest BCUT2D eigenvalue weighted by Gasteiger charge is 2.10. The molecule has 0 amide bonds. The van der Waals surface area contributed by atoms with Crippen molar-refractivity contribution < 1.29 is 14.2 Å². The molecule has 0 saturated carbocycles. The van der Waals surface area contributed by atoms with Crippen molar-refractivity contribution in [3.05, 3.63) is 18.2 Å². The van der Waals surface area contributed by atoms with Crippen LogP contribution in [-0.4, -0.2) is 33.0 Å². The summed E-state index contributed by atoms with van der Waals surface area (Å²) in [5.74, 6) is 1.68. The minimum Gasteiger partial charge on any atom is -0.490 e. The van der Waals surface area contributed by atoms with Gasteiger partial charge in [0.25, 0.3) is 0 Å². The van der Waals surface area contributed by atoms with Gasteiger partial charge in [0.05, 0.1) is 13.2 Å². The van der Waals surface area contributed by atoms with E-state index in [0.29, 0.717) is 0 Å². The van der Waals surface area contributed by atoms with Crippen LogP contribution in [-0.2, 0) is 4.74 Å². The summed E-state index contributed by atoms with van der Waals surface area (Å²) >= 11 is 0. The maximum atomic E-state index is 5.64. The highest BCUT2D eigenvalue weighted by atomic mass is 16.5. The molecule has 0 aliphatic carbocycles. The Morgan fingerprint density at radius 3 is 2.89 bits per heavy atom. The Balaban J connectivity index is 1.84. The summed E-state index contributed by atoms with van der Waals surface area (Å²) in [4.78, 5) is 0. The second kappa shape index (κ2) is 7.11. The number of benzene rings is 1. The Labute approximate surface area is 108 Å². The van der Waals surface area contributed by atoms with Crippen LogP contribution >= 0.6 is 0 Å². The van der Waals surface area contributed by atoms with Crippen molar-refractivity contribution in [2.45, 2.75) is 19.8 Å². The van der Waals surface area contributed by atoms with E-state index in [0.717, 1.165) is 63.0 Å². The fraction of sp³-hybridized carbons (Fsp3) is 0.571. The van der Waals surface area contributed by atoms with E-state index in [9.17, 15) is 0 Å². The molecule has 0 aromatic heterocycles. The third-order valence-corrected chi connectivity index (χ3v) is 2.75. The van der Waals surface area contributed by atoms with E-state index in [1.165, 1.54) is 0 Å². The molecule has 0 spiro atoms. The lowest BCUT2D eigenvalue weighted by Crippen LogP contribution is -2.05. The molecule has 0 radical (unpaired) electrons. The molecule has 1 aliphatic rings. The van der Waals surface area contributed by atoms with Gasteiger partial charge in [-0.1, -0.05) is 0 Å². The van der Waals surface area contributed by atoms with Crippen LogP contribution in [0.4, 0.5) is 5.69 Å². The van der Waals surface area contributed by atoms with Gasteiger partial charge in [-0.15, -0.1) is 0 Å². The minimum atomic E-state index is 0.723. The molecule has 1 aliphatic heterocycles. The molecule has 0 bridgehead atoms. The van der Waals surface area contributed by atoms with Crippen molar-refractivity contribution in [3.8, 4) is 11.5 Å². The van der Waals surface area contributed by atoms with Crippen LogP contribution < -0.4 is 14.8 Å². The van der Waals surface area contributed by atoms with Gasteiger partial charge in [0, 0.05) is 37.9 Å². The summed E-state index contributed by atoms with van der Waals surface area (Å²) in [5, 5.41) is 3.36. The average molecular weight is 251 g/mol. The molecular weight excluding hydrogens is 230 g/mol. The standard InChI is InChI=1S/C14H21NO3/c1-2-16-8-3-7-15-12-5-6-13-14(11-12)18-10-4-9-17-13/h5-6,11,15H,2-4,7-10H2,1H3. The van der Waals surface area contributed by atoms with Crippen molar-refractivity contribution in [1.29, 1.82) is 0 Å². The van der Waals surface area contributed by atoms with Gasteiger partial charge >= 0.3 is 0 Å². The van der Waals surface area contributed by atoms with Gasteiger partial charge in [-0.3, -0.25) is 0 Å². The van der Waals surface area contributed by atoms with Gasteiger partial charge in [-0.2, -0.15) is 0 Å². The van der Waals surface area contributed by atoms with Crippen LogP contribution in [0.3, 0.4) is 0 Å². The van der Waals surface area contributed by atoms with Crippen molar-refractivity contribution in [1.82, 2.24) is 0 Å². The second-order valence-electron chi connectivity index (χ2n) is 4.19. The number of hydrogen-bond donors (Lipinski definition) is 1. The van der Waals surface area contributed by atoms with Crippen LogP contribution in [0.5, 0.6) is 11.5 Å². The molecule has 0 unspecified atom stereocenters. The predicted molar refractivity (Wildman–Crippen MR) is 71.6 cm³/mol. The lowest BCUT2D eigenvalue weighted by molar-refractivity contribution is 0.147. The summed E-state index contributed by atoms with van der Waals surface area (Å²) in [6.45, 7) is 5.95. The molecule has 100 valence electrons. The highest BCUT2D eigenvalue weighted by molar-refractivity contribution is 5.54. The summed E-state index contributed by atoms with van der Waals surface area (Å²) in [5.41, 5.74) is 1.07. The smallest absolute Gasteiger partial charge is 0.163 e. The highest BCUT2D eigenvalue weighted by Crippen LogP contribution is 2.32. The molecule has 2 rings (SSSR count). The van der Waals surface area contributed by atoms with E-state index < -0.39 is 0 Å². The molecular formula is C14H21NO3. The zero-order chi connectivity index (χ0) is 12.6. The van der Waals surface area contributed by atoms with Gasteiger partial charge < -0.3 is 19.5 Å². The summed E-state index contributed by atoms with van der Waals surface area (Å²) < 4.78 is 16.5. The van der Waals surface area contributed by atoms with E-state index in [1.54, 1.807) is 0 Å². The third-order valence-electron chi connectivity index (χ3n) is 2.75. The topological polar surface area (TPSA) is 39.7 Å². The fourth-order valence-electron chi connectivity index (χ4n) is 1.82. The summed E-state index contributed by atoms with van der Waals surface area (Å²) in [7, 11) is 0. The molecule has 0 atom stereocenters. The van der Waals surface area contributed by atoms with E-state index in [4.69, 9.17) is 14.2 Å². The number of hydrogen-bond acceptors (Lipinski definition) is 4. The van der Waals surface area contributed by atoms with Crippen molar-refractivity contribution in [2.24, 2.45) is 0 Å². The zero-order valence-corrected chi connectivity index (χ0v) is 10.9. The Morgan fingerprint density at radius 2 is 2.06 bits per heavy atom. The number of rotatable bonds is 6. The second-order valence-corrected chi connectivity index (χ2v) is 4.19. The van der Waals surface area contributed by atoms with Gasteiger partial charge in [0.15, 0.2) is 11.5 Å². The monoisotopic (exact) mass is 251 g/mol. The number of nitrogens with one attached hydrogen (secondary N) is 1. The Hall–Kier alpha value is -1.42. The van der Waals surface area contributed by atoms with E-state index >= 15 is 0 Å². The Morgan fingerprint density at radius 1 is 1.22 bits per heavy atom. The number of ether oxygens (including phenoxy) is 3. The van der Waals surface area contributed by atoms with Gasteiger partial charge in [-0.25, -0.2) is 0 Å². The summed E-state index contributed by atoms with van der Waals surface area (Å²) in [6, 6.07) is 5.99. The van der Waals surface area contributed by atoms with Crippen molar-refractivity contribution >= 4 is 5.69 Å². The average Bonchev–Trinajstić information content (AvgIpc) is 2.63. The SMILES string of the molecule is CCOCCCNc1ccc2c(c1)OCCCO2. The first-order valence-corrected chi connectivity index (χ1v) is 6.61. The summed E-state index contributed by atoms with van der Waals surface area (Å²) in [6.07, 6.45) is 1.94.